The van der Waals surface area contributed by atoms with Crippen molar-refractivity contribution in [2.75, 3.05) is 26.7 Å². The van der Waals surface area contributed by atoms with Crippen molar-refractivity contribution in [1.82, 2.24) is 9.80 Å². The summed E-state index contributed by atoms with van der Waals surface area (Å²) < 4.78 is 5.05. The number of urea groups is 1. The normalized spacial score (nSPS) is 16.5. The van der Waals surface area contributed by atoms with Crippen molar-refractivity contribution >= 4 is 23.7 Å². The van der Waals surface area contributed by atoms with Crippen LogP contribution < -0.4 is 0 Å². The van der Waals surface area contributed by atoms with Crippen LogP contribution in [0.3, 0.4) is 0 Å². The quantitative estimate of drug-likeness (QED) is 0.415. The summed E-state index contributed by atoms with van der Waals surface area (Å²) in [5, 5.41) is 0. The van der Waals surface area contributed by atoms with E-state index < -0.39 is 5.97 Å². The molecule has 1 heterocycles. The SMILES string of the molecule is CN1CC(=O)N(CCCC(=O)OCC(=O)c2ccc3c(c2)CCCC3)C1=O. The van der Waals surface area contributed by atoms with Crippen molar-refractivity contribution in [3.8, 4) is 0 Å². The van der Waals surface area contributed by atoms with Crippen molar-refractivity contribution in [1.29, 1.82) is 0 Å². The lowest BCUT2D eigenvalue weighted by Gasteiger charge is -2.16. The number of hydrogen-bond acceptors (Lipinski definition) is 5. The predicted octanol–water partition coefficient (Wildman–Crippen LogP) is 1.97. The van der Waals surface area contributed by atoms with Gasteiger partial charge in [-0.25, -0.2) is 4.79 Å². The Morgan fingerprint density at radius 2 is 1.85 bits per heavy atom. The van der Waals surface area contributed by atoms with Crippen LogP contribution in [0, 0.1) is 0 Å². The average molecular weight is 372 g/mol. The second-order valence-electron chi connectivity index (χ2n) is 7.06. The maximum absolute atomic E-state index is 12.3. The number of Topliss-reactive ketones (excluding diaryl/α,β-unsaturated/α-hetero) is 1. The maximum Gasteiger partial charge on any atom is 0.326 e. The van der Waals surface area contributed by atoms with Gasteiger partial charge in [-0.1, -0.05) is 12.1 Å². The Hall–Kier alpha value is -2.70. The summed E-state index contributed by atoms with van der Waals surface area (Å²) in [6.45, 7) is -0.0453. The number of likely N-dealkylation sites (N-methyl/N-ethyl adjacent to an activating group) is 1. The molecule has 0 radical (unpaired) electrons. The molecule has 3 rings (SSSR count). The van der Waals surface area contributed by atoms with Gasteiger partial charge >= 0.3 is 12.0 Å². The van der Waals surface area contributed by atoms with Gasteiger partial charge in [0.05, 0.1) is 0 Å². The number of ketones is 1. The van der Waals surface area contributed by atoms with Crippen LogP contribution in [0.4, 0.5) is 4.79 Å². The summed E-state index contributed by atoms with van der Waals surface area (Å²) in [6, 6.07) is 5.34. The van der Waals surface area contributed by atoms with E-state index in [0.29, 0.717) is 12.0 Å². The van der Waals surface area contributed by atoms with Gasteiger partial charge < -0.3 is 9.64 Å². The molecule has 0 unspecified atom stereocenters. The van der Waals surface area contributed by atoms with E-state index in [1.54, 1.807) is 13.1 Å². The minimum absolute atomic E-state index is 0.0538. The number of hydrogen-bond donors (Lipinski definition) is 0. The van der Waals surface area contributed by atoms with Gasteiger partial charge in [-0.05, 0) is 49.3 Å². The Balaban J connectivity index is 1.42. The predicted molar refractivity (Wildman–Crippen MR) is 97.3 cm³/mol. The second kappa shape index (κ2) is 8.33. The van der Waals surface area contributed by atoms with Crippen LogP contribution in [-0.2, 0) is 27.2 Å². The van der Waals surface area contributed by atoms with Crippen LogP contribution in [0.5, 0.6) is 0 Å². The number of ether oxygens (including phenoxy) is 1. The van der Waals surface area contributed by atoms with Crippen molar-refractivity contribution in [2.24, 2.45) is 0 Å². The molecule has 1 aromatic rings. The maximum atomic E-state index is 12.3. The smallest absolute Gasteiger partial charge is 0.326 e. The molecule has 0 saturated carbocycles. The molecule has 1 aliphatic heterocycles. The first-order chi connectivity index (χ1) is 13.0. The molecule has 0 aromatic heterocycles. The fourth-order valence-corrected chi connectivity index (χ4v) is 3.48. The van der Waals surface area contributed by atoms with E-state index in [4.69, 9.17) is 4.74 Å². The van der Waals surface area contributed by atoms with Gasteiger partial charge in [-0.15, -0.1) is 0 Å². The third-order valence-corrected chi connectivity index (χ3v) is 5.03. The summed E-state index contributed by atoms with van der Waals surface area (Å²) in [4.78, 5) is 49.9. The number of carbonyl (C=O) groups excluding carboxylic acids is 4. The number of fused-ring (bicyclic) bond motifs is 1. The van der Waals surface area contributed by atoms with Gasteiger partial charge in [0, 0.05) is 25.6 Å². The second-order valence-corrected chi connectivity index (χ2v) is 7.06. The highest BCUT2D eigenvalue weighted by Gasteiger charge is 2.32. The Morgan fingerprint density at radius 3 is 2.56 bits per heavy atom. The molecule has 1 aromatic carbocycles. The summed E-state index contributed by atoms with van der Waals surface area (Å²) >= 11 is 0. The van der Waals surface area contributed by atoms with Crippen LogP contribution >= 0.6 is 0 Å². The van der Waals surface area contributed by atoms with Crippen LogP contribution in [-0.4, -0.2) is 60.2 Å². The van der Waals surface area contributed by atoms with E-state index in [-0.39, 0.29) is 43.8 Å². The Bertz CT molecular complexity index is 774. The Morgan fingerprint density at radius 1 is 1.11 bits per heavy atom. The lowest BCUT2D eigenvalue weighted by molar-refractivity contribution is -0.142. The summed E-state index contributed by atoms with van der Waals surface area (Å²) in [7, 11) is 1.56. The fourth-order valence-electron chi connectivity index (χ4n) is 3.48. The molecular weight excluding hydrogens is 348 g/mol. The van der Waals surface area contributed by atoms with Crippen LogP contribution in [0.1, 0.15) is 47.2 Å². The van der Waals surface area contributed by atoms with Gasteiger partial charge in [0.15, 0.2) is 12.4 Å². The molecule has 0 bridgehead atoms. The number of imide groups is 1. The first kappa shape index (κ1) is 19.1. The molecule has 0 N–H and O–H groups in total. The highest BCUT2D eigenvalue weighted by molar-refractivity contribution is 6.01. The summed E-state index contributed by atoms with van der Waals surface area (Å²) in [5.74, 6) is -0.990. The molecule has 144 valence electrons. The largest absolute Gasteiger partial charge is 0.457 e. The van der Waals surface area contributed by atoms with E-state index in [1.807, 2.05) is 12.1 Å². The van der Waals surface area contributed by atoms with Gasteiger partial charge in [-0.3, -0.25) is 19.3 Å². The van der Waals surface area contributed by atoms with Crippen molar-refractivity contribution in [2.45, 2.75) is 38.5 Å². The lowest BCUT2D eigenvalue weighted by atomic mass is 9.90. The highest BCUT2D eigenvalue weighted by Crippen LogP contribution is 2.22. The number of benzene rings is 1. The zero-order valence-corrected chi connectivity index (χ0v) is 15.5. The zero-order valence-electron chi connectivity index (χ0n) is 15.5. The molecule has 1 aliphatic carbocycles. The highest BCUT2D eigenvalue weighted by atomic mass is 16.5. The molecule has 3 amide bonds. The topological polar surface area (TPSA) is 84.0 Å². The van der Waals surface area contributed by atoms with Crippen molar-refractivity contribution < 1.29 is 23.9 Å². The van der Waals surface area contributed by atoms with E-state index in [9.17, 15) is 19.2 Å². The molecule has 0 spiro atoms. The van der Waals surface area contributed by atoms with Crippen LogP contribution in [0.2, 0.25) is 0 Å². The Labute approximate surface area is 158 Å². The third kappa shape index (κ3) is 4.53. The van der Waals surface area contributed by atoms with Gasteiger partial charge in [-0.2, -0.15) is 0 Å². The molecule has 2 aliphatic rings. The van der Waals surface area contributed by atoms with E-state index in [2.05, 4.69) is 0 Å². The molecule has 7 heteroatoms. The number of aryl methyl sites for hydroxylation is 2. The van der Waals surface area contributed by atoms with Crippen LogP contribution in [0.15, 0.2) is 18.2 Å². The van der Waals surface area contributed by atoms with Crippen LogP contribution in [0.25, 0.3) is 0 Å². The fraction of sp³-hybridized carbons (Fsp3) is 0.500. The van der Waals surface area contributed by atoms with Crippen molar-refractivity contribution in [3.05, 3.63) is 34.9 Å². The number of carbonyl (C=O) groups is 4. The standard InChI is InChI=1S/C20H24N2O5/c1-21-12-18(24)22(20(21)26)10-4-7-19(25)27-13-17(23)16-9-8-14-5-2-3-6-15(14)11-16/h8-9,11H,2-7,10,12-13H2,1H3. The third-order valence-electron chi connectivity index (χ3n) is 5.03. The van der Waals surface area contributed by atoms with Gasteiger partial charge in [0.2, 0.25) is 5.91 Å². The molecule has 7 nitrogen and oxygen atoms in total. The Kier molecular flexibility index (Phi) is 5.88. The van der Waals surface area contributed by atoms with E-state index in [1.165, 1.54) is 22.4 Å². The first-order valence-electron chi connectivity index (χ1n) is 9.32. The monoisotopic (exact) mass is 372 g/mol. The van der Waals surface area contributed by atoms with Crippen molar-refractivity contribution in [3.63, 3.8) is 0 Å². The number of amides is 3. The minimum Gasteiger partial charge on any atom is -0.457 e. The number of nitrogens with zero attached hydrogens (tertiary/aromatic N) is 2. The summed E-state index contributed by atoms with van der Waals surface area (Å²) in [5.41, 5.74) is 3.08. The van der Waals surface area contributed by atoms with E-state index in [0.717, 1.165) is 24.2 Å². The van der Waals surface area contributed by atoms with Gasteiger partial charge in [0.1, 0.15) is 6.54 Å². The molecular formula is C20H24N2O5. The first-order valence-corrected chi connectivity index (χ1v) is 9.32. The number of esters is 1. The minimum atomic E-state index is -0.506. The molecule has 27 heavy (non-hydrogen) atoms. The van der Waals surface area contributed by atoms with Gasteiger partial charge in [0.25, 0.3) is 0 Å². The average Bonchev–Trinajstić information content (AvgIpc) is 2.91. The summed E-state index contributed by atoms with van der Waals surface area (Å²) in [6.07, 6.45) is 4.73. The van der Waals surface area contributed by atoms with E-state index >= 15 is 0 Å². The molecule has 0 atom stereocenters. The molecule has 1 saturated heterocycles. The molecule has 1 fully saturated rings. The lowest BCUT2D eigenvalue weighted by Crippen LogP contribution is -2.32. The number of rotatable bonds is 7. The zero-order chi connectivity index (χ0) is 19.4.